The Bertz CT molecular complexity index is 960. The third-order valence-corrected chi connectivity index (χ3v) is 4.21. The number of amides is 1. The second kappa shape index (κ2) is 7.54. The van der Waals surface area contributed by atoms with Gasteiger partial charge in [0, 0.05) is 18.1 Å². The highest BCUT2D eigenvalue weighted by atomic mass is 35.5. The van der Waals surface area contributed by atoms with Crippen LogP contribution in [0, 0.1) is 0 Å². The Morgan fingerprint density at radius 1 is 1.08 bits per heavy atom. The summed E-state index contributed by atoms with van der Waals surface area (Å²) in [4.78, 5) is 30.5. The van der Waals surface area contributed by atoms with E-state index < -0.39 is 12.1 Å². The van der Waals surface area contributed by atoms with Gasteiger partial charge in [0.1, 0.15) is 5.15 Å². The fourth-order valence-electron chi connectivity index (χ4n) is 2.56. The lowest BCUT2D eigenvalue weighted by Crippen LogP contribution is -2.37. The molecule has 26 heavy (non-hydrogen) atoms. The number of carbonyl (C=O) groups excluding carboxylic acids is 2. The summed E-state index contributed by atoms with van der Waals surface area (Å²) in [7, 11) is 1.65. The van der Waals surface area contributed by atoms with Gasteiger partial charge in [-0.2, -0.15) is 0 Å². The summed E-state index contributed by atoms with van der Waals surface area (Å²) < 4.78 is 5.34. The van der Waals surface area contributed by atoms with Crippen LogP contribution in [0.2, 0.25) is 5.15 Å². The van der Waals surface area contributed by atoms with Crippen LogP contribution in [0.1, 0.15) is 17.3 Å². The maximum atomic E-state index is 12.5. The molecular weight excluding hydrogens is 352 g/mol. The van der Waals surface area contributed by atoms with Crippen LogP contribution in [0.3, 0.4) is 0 Å². The van der Waals surface area contributed by atoms with Crippen molar-refractivity contribution in [2.45, 2.75) is 13.0 Å². The van der Waals surface area contributed by atoms with Gasteiger partial charge in [-0.15, -0.1) is 0 Å². The minimum atomic E-state index is -0.910. The molecule has 0 saturated carbocycles. The Hall–Kier alpha value is -2.92. The first kappa shape index (κ1) is 17.9. The molecule has 0 aliphatic rings. The molecule has 3 rings (SSSR count). The van der Waals surface area contributed by atoms with Crippen LogP contribution in [0.5, 0.6) is 0 Å². The zero-order chi connectivity index (χ0) is 18.7. The van der Waals surface area contributed by atoms with Crippen LogP contribution in [-0.2, 0) is 9.53 Å². The van der Waals surface area contributed by atoms with E-state index in [0.717, 1.165) is 11.1 Å². The summed E-state index contributed by atoms with van der Waals surface area (Å²) in [5, 5.41) is 1.15. The third kappa shape index (κ3) is 3.83. The van der Waals surface area contributed by atoms with E-state index in [-0.39, 0.29) is 5.91 Å². The van der Waals surface area contributed by atoms with E-state index in [9.17, 15) is 9.59 Å². The number of anilines is 1. The summed E-state index contributed by atoms with van der Waals surface area (Å²) in [6.45, 7) is 1.56. The predicted molar refractivity (Wildman–Crippen MR) is 101 cm³/mol. The predicted octanol–water partition coefficient (Wildman–Crippen LogP) is 4.10. The maximum Gasteiger partial charge on any atom is 0.338 e. The molecule has 0 aliphatic heterocycles. The summed E-state index contributed by atoms with van der Waals surface area (Å²) in [5.74, 6) is -0.872. The fraction of sp³-hybridized carbons (Fsp3) is 0.150. The van der Waals surface area contributed by atoms with E-state index >= 15 is 0 Å². The number of halogens is 1. The maximum absolute atomic E-state index is 12.5. The molecule has 5 nitrogen and oxygen atoms in total. The summed E-state index contributed by atoms with van der Waals surface area (Å²) in [5.41, 5.74) is 1.76. The van der Waals surface area contributed by atoms with E-state index in [1.165, 1.54) is 4.90 Å². The number of likely N-dealkylation sites (N-methyl/N-ethyl adjacent to an activating group) is 1. The zero-order valence-corrected chi connectivity index (χ0v) is 15.1. The Morgan fingerprint density at radius 2 is 1.81 bits per heavy atom. The van der Waals surface area contributed by atoms with Gasteiger partial charge in [-0.25, -0.2) is 9.78 Å². The number of aromatic nitrogens is 1. The molecule has 1 atom stereocenters. The molecule has 1 aromatic heterocycles. The number of fused-ring (bicyclic) bond motifs is 1. The number of carbonyl (C=O) groups is 2. The third-order valence-electron chi connectivity index (χ3n) is 4.00. The van der Waals surface area contributed by atoms with Gasteiger partial charge in [0.05, 0.1) is 11.1 Å². The number of esters is 1. The van der Waals surface area contributed by atoms with Gasteiger partial charge in [0.15, 0.2) is 6.10 Å². The highest BCUT2D eigenvalue weighted by Crippen LogP contribution is 2.19. The number of hydrogen-bond acceptors (Lipinski definition) is 4. The van der Waals surface area contributed by atoms with Crippen molar-refractivity contribution >= 4 is 40.1 Å². The molecule has 2 aromatic carbocycles. The highest BCUT2D eigenvalue weighted by molar-refractivity contribution is 6.29. The topological polar surface area (TPSA) is 59.5 Å². The van der Waals surface area contributed by atoms with Gasteiger partial charge < -0.3 is 9.64 Å². The second-order valence-electron chi connectivity index (χ2n) is 5.82. The van der Waals surface area contributed by atoms with Crippen LogP contribution >= 0.6 is 11.6 Å². The van der Waals surface area contributed by atoms with Crippen molar-refractivity contribution in [3.8, 4) is 0 Å². The van der Waals surface area contributed by atoms with Gasteiger partial charge in [-0.05, 0) is 49.4 Å². The second-order valence-corrected chi connectivity index (χ2v) is 6.21. The number of nitrogens with zero attached hydrogens (tertiary/aromatic N) is 2. The SMILES string of the molecule is CC(OC(=O)c1ccc2nc(Cl)ccc2c1)C(=O)N(C)c1ccccc1. The number of para-hydroxylation sites is 1. The Labute approximate surface area is 156 Å². The van der Waals surface area contributed by atoms with E-state index in [0.29, 0.717) is 16.2 Å². The van der Waals surface area contributed by atoms with Crippen molar-refractivity contribution in [2.24, 2.45) is 0 Å². The van der Waals surface area contributed by atoms with Gasteiger partial charge in [0.2, 0.25) is 0 Å². The molecule has 0 fully saturated rings. The van der Waals surface area contributed by atoms with Crippen LogP contribution in [-0.4, -0.2) is 30.0 Å². The molecule has 0 spiro atoms. The van der Waals surface area contributed by atoms with E-state index in [1.54, 1.807) is 44.3 Å². The van der Waals surface area contributed by atoms with Crippen LogP contribution < -0.4 is 4.90 Å². The minimum absolute atomic E-state index is 0.307. The molecule has 3 aromatic rings. The fourth-order valence-corrected chi connectivity index (χ4v) is 2.71. The molecule has 0 aliphatic carbocycles. The van der Waals surface area contributed by atoms with E-state index in [4.69, 9.17) is 16.3 Å². The molecule has 6 heteroatoms. The molecule has 0 bridgehead atoms. The standard InChI is InChI=1S/C20H17ClN2O3/c1-13(19(24)23(2)16-6-4-3-5-7-16)26-20(25)15-8-10-17-14(12-15)9-11-18(21)22-17/h3-13H,1-2H3. The summed E-state index contributed by atoms with van der Waals surface area (Å²) in [6, 6.07) is 17.6. The van der Waals surface area contributed by atoms with Crippen molar-refractivity contribution in [2.75, 3.05) is 11.9 Å². The lowest BCUT2D eigenvalue weighted by Gasteiger charge is -2.21. The molecule has 0 N–H and O–H groups in total. The van der Waals surface area contributed by atoms with E-state index in [2.05, 4.69) is 4.98 Å². The first-order chi connectivity index (χ1) is 12.5. The van der Waals surface area contributed by atoms with Crippen LogP contribution in [0.15, 0.2) is 60.7 Å². The van der Waals surface area contributed by atoms with E-state index in [1.807, 2.05) is 30.3 Å². The first-order valence-corrected chi connectivity index (χ1v) is 8.43. The van der Waals surface area contributed by atoms with Gasteiger partial charge in [-0.3, -0.25) is 4.79 Å². The monoisotopic (exact) mass is 368 g/mol. The van der Waals surface area contributed by atoms with Crippen molar-refractivity contribution in [3.05, 3.63) is 71.4 Å². The molecular formula is C20H17ClN2O3. The van der Waals surface area contributed by atoms with Crippen molar-refractivity contribution in [3.63, 3.8) is 0 Å². The largest absolute Gasteiger partial charge is 0.449 e. The highest BCUT2D eigenvalue weighted by Gasteiger charge is 2.23. The van der Waals surface area contributed by atoms with Crippen molar-refractivity contribution in [1.29, 1.82) is 0 Å². The van der Waals surface area contributed by atoms with Gasteiger partial charge >= 0.3 is 5.97 Å². The Kier molecular flexibility index (Phi) is 5.19. The Balaban J connectivity index is 1.72. The first-order valence-electron chi connectivity index (χ1n) is 8.05. The van der Waals surface area contributed by atoms with Crippen molar-refractivity contribution < 1.29 is 14.3 Å². The number of hydrogen-bond donors (Lipinski definition) is 0. The lowest BCUT2D eigenvalue weighted by molar-refractivity contribution is -0.126. The van der Waals surface area contributed by atoms with Gasteiger partial charge in [-0.1, -0.05) is 29.8 Å². The average Bonchev–Trinajstić information content (AvgIpc) is 2.66. The number of rotatable bonds is 4. The minimum Gasteiger partial charge on any atom is -0.449 e. The molecule has 1 amide bonds. The number of benzene rings is 2. The molecule has 132 valence electrons. The molecule has 1 heterocycles. The van der Waals surface area contributed by atoms with Crippen LogP contribution in [0.25, 0.3) is 10.9 Å². The molecule has 0 radical (unpaired) electrons. The Morgan fingerprint density at radius 3 is 2.54 bits per heavy atom. The lowest BCUT2D eigenvalue weighted by atomic mass is 10.1. The average molecular weight is 369 g/mol. The molecule has 1 unspecified atom stereocenters. The summed E-state index contributed by atoms with van der Waals surface area (Å²) >= 11 is 5.86. The molecule has 0 saturated heterocycles. The smallest absolute Gasteiger partial charge is 0.338 e. The quantitative estimate of drug-likeness (QED) is 0.514. The van der Waals surface area contributed by atoms with Crippen molar-refractivity contribution in [1.82, 2.24) is 4.98 Å². The number of ether oxygens (including phenoxy) is 1. The summed E-state index contributed by atoms with van der Waals surface area (Å²) in [6.07, 6.45) is -0.910. The number of pyridine rings is 1. The van der Waals surface area contributed by atoms with Crippen LogP contribution in [0.4, 0.5) is 5.69 Å². The zero-order valence-electron chi connectivity index (χ0n) is 14.3. The normalized spacial score (nSPS) is 11.8. The van der Waals surface area contributed by atoms with Gasteiger partial charge in [0.25, 0.3) is 5.91 Å².